The zero-order chi connectivity index (χ0) is 24.4. The standard InChI is InChI=1S/C29H31N3O4/c33-26-21-14-29(15-21,28(35)30-26)32-17-20-13-22(9-10-23(20)27(32)34)36-25-8-4-7-24(25)31-12-11-19(16-31)18-5-2-1-3-6-18/h1-3,5-6,9-10,13,19,21,24-25H,4,7-8,11-12,14-17H2,(H,30,33,35)/t19-,21?,24+,25+,29?/m1/s1. The number of amides is 3. The lowest BCUT2D eigenvalue weighted by atomic mass is 9.63. The summed E-state index contributed by atoms with van der Waals surface area (Å²) in [6.07, 6.45) is 5.56. The smallest absolute Gasteiger partial charge is 0.255 e. The van der Waals surface area contributed by atoms with Gasteiger partial charge in [0, 0.05) is 30.6 Å². The first kappa shape index (κ1) is 22.0. The van der Waals surface area contributed by atoms with E-state index in [1.54, 1.807) is 4.90 Å². The van der Waals surface area contributed by atoms with Gasteiger partial charge in [-0.1, -0.05) is 30.3 Å². The minimum atomic E-state index is -0.878. The maximum Gasteiger partial charge on any atom is 0.255 e. The van der Waals surface area contributed by atoms with Crippen LogP contribution < -0.4 is 10.1 Å². The van der Waals surface area contributed by atoms with Gasteiger partial charge in [0.15, 0.2) is 0 Å². The Bertz CT molecular complexity index is 1240. The molecule has 36 heavy (non-hydrogen) atoms. The summed E-state index contributed by atoms with van der Waals surface area (Å²) in [6, 6.07) is 17.0. The average molecular weight is 486 g/mol. The number of ether oxygens (including phenoxy) is 1. The van der Waals surface area contributed by atoms with E-state index in [-0.39, 0.29) is 29.7 Å². The van der Waals surface area contributed by atoms with Gasteiger partial charge in [0.25, 0.3) is 11.8 Å². The van der Waals surface area contributed by atoms with Gasteiger partial charge < -0.3 is 9.64 Å². The molecule has 3 atom stereocenters. The molecule has 5 fully saturated rings. The third kappa shape index (κ3) is 3.32. The normalized spacial score (nSPS) is 33.4. The molecular weight excluding hydrogens is 454 g/mol. The first-order chi connectivity index (χ1) is 17.5. The van der Waals surface area contributed by atoms with E-state index in [1.807, 2.05) is 18.2 Å². The number of imide groups is 1. The fourth-order valence-corrected chi connectivity index (χ4v) is 7.24. The van der Waals surface area contributed by atoms with Gasteiger partial charge in [-0.2, -0.15) is 0 Å². The van der Waals surface area contributed by atoms with Crippen molar-refractivity contribution in [2.75, 3.05) is 13.1 Å². The number of hydrogen-bond donors (Lipinski definition) is 1. The van der Waals surface area contributed by atoms with E-state index in [2.05, 4.69) is 40.5 Å². The molecule has 0 unspecified atom stereocenters. The third-order valence-electron chi connectivity index (χ3n) is 9.26. The fourth-order valence-electron chi connectivity index (χ4n) is 7.24. The van der Waals surface area contributed by atoms with Gasteiger partial charge in [0.05, 0.1) is 0 Å². The van der Waals surface area contributed by atoms with E-state index >= 15 is 0 Å². The molecule has 4 heterocycles. The molecule has 7 heteroatoms. The summed E-state index contributed by atoms with van der Waals surface area (Å²) in [5.41, 5.74) is 2.09. The van der Waals surface area contributed by atoms with Gasteiger partial charge in [-0.25, -0.2) is 0 Å². The summed E-state index contributed by atoms with van der Waals surface area (Å²) in [5.74, 6) is 0.557. The van der Waals surface area contributed by atoms with Crippen LogP contribution in [0.4, 0.5) is 0 Å². The first-order valence-electron chi connectivity index (χ1n) is 13.3. The Morgan fingerprint density at radius 3 is 2.58 bits per heavy atom. The van der Waals surface area contributed by atoms with Crippen LogP contribution in [0, 0.1) is 5.92 Å². The van der Waals surface area contributed by atoms with Crippen LogP contribution in [0.1, 0.15) is 65.9 Å². The minimum Gasteiger partial charge on any atom is -0.489 e. The van der Waals surface area contributed by atoms with Crippen molar-refractivity contribution in [3.63, 3.8) is 0 Å². The van der Waals surface area contributed by atoms with Crippen molar-refractivity contribution in [2.24, 2.45) is 5.92 Å². The molecule has 7 nitrogen and oxygen atoms in total. The van der Waals surface area contributed by atoms with Crippen molar-refractivity contribution < 1.29 is 19.1 Å². The number of likely N-dealkylation sites (tertiary alicyclic amines) is 1. The van der Waals surface area contributed by atoms with E-state index in [1.165, 1.54) is 12.0 Å². The highest BCUT2D eigenvalue weighted by molar-refractivity contribution is 6.10. The Kier molecular flexibility index (Phi) is 5.00. The van der Waals surface area contributed by atoms with E-state index in [9.17, 15) is 14.4 Å². The highest BCUT2D eigenvalue weighted by Gasteiger charge is 2.63. The van der Waals surface area contributed by atoms with Crippen LogP contribution in [-0.2, 0) is 16.1 Å². The molecule has 2 bridgehead atoms. The number of nitrogens with one attached hydrogen (secondary N) is 1. The van der Waals surface area contributed by atoms with Crippen LogP contribution >= 0.6 is 0 Å². The quantitative estimate of drug-likeness (QED) is 0.658. The third-order valence-corrected chi connectivity index (χ3v) is 9.26. The molecule has 0 aromatic heterocycles. The van der Waals surface area contributed by atoms with Crippen LogP contribution in [0.15, 0.2) is 48.5 Å². The minimum absolute atomic E-state index is 0.123. The molecule has 4 aliphatic heterocycles. The Morgan fingerprint density at radius 2 is 1.78 bits per heavy atom. The maximum absolute atomic E-state index is 13.2. The number of nitrogens with zero attached hydrogens (tertiary/aromatic N) is 2. The Hall–Kier alpha value is -3.19. The average Bonchev–Trinajstić information content (AvgIpc) is 3.58. The zero-order valence-corrected chi connectivity index (χ0v) is 20.3. The van der Waals surface area contributed by atoms with Crippen molar-refractivity contribution in [1.82, 2.24) is 15.1 Å². The molecule has 0 radical (unpaired) electrons. The van der Waals surface area contributed by atoms with Crippen LogP contribution in [0.2, 0.25) is 0 Å². The Labute approximate surface area is 210 Å². The Morgan fingerprint density at radius 1 is 0.944 bits per heavy atom. The van der Waals surface area contributed by atoms with Crippen LogP contribution in [0.25, 0.3) is 0 Å². The molecule has 0 spiro atoms. The molecule has 3 saturated heterocycles. The summed E-state index contributed by atoms with van der Waals surface area (Å²) in [4.78, 5) is 42.0. The molecule has 186 valence electrons. The number of piperidine rings is 2. The molecule has 1 N–H and O–H groups in total. The molecular formula is C29H31N3O4. The summed E-state index contributed by atoms with van der Waals surface area (Å²) in [7, 11) is 0. The number of carbonyl (C=O) groups is 3. The first-order valence-corrected chi connectivity index (χ1v) is 13.3. The van der Waals surface area contributed by atoms with Crippen molar-refractivity contribution in [2.45, 2.75) is 68.7 Å². The highest BCUT2D eigenvalue weighted by atomic mass is 16.5. The van der Waals surface area contributed by atoms with E-state index in [0.717, 1.165) is 43.7 Å². The lowest BCUT2D eigenvalue weighted by Gasteiger charge is -2.53. The SMILES string of the molecule is O=C1NC(=O)C2(N3Cc4cc(O[C@H]5CCC[C@@H]5N5CC[C@@H](c6ccccc6)C5)ccc4C3=O)CC1C2. The van der Waals surface area contributed by atoms with E-state index in [4.69, 9.17) is 4.74 Å². The fraction of sp³-hybridized carbons (Fsp3) is 0.483. The van der Waals surface area contributed by atoms with Crippen molar-refractivity contribution >= 4 is 17.7 Å². The monoisotopic (exact) mass is 485 g/mol. The molecule has 2 aromatic carbocycles. The predicted molar refractivity (Wildman–Crippen MR) is 132 cm³/mol. The van der Waals surface area contributed by atoms with Gasteiger partial charge in [0.1, 0.15) is 17.4 Å². The second-order valence-corrected chi connectivity index (χ2v) is 11.2. The van der Waals surface area contributed by atoms with Crippen molar-refractivity contribution in [3.05, 3.63) is 65.2 Å². The van der Waals surface area contributed by atoms with Gasteiger partial charge in [-0.05, 0) is 80.3 Å². The molecule has 6 aliphatic rings. The number of carbonyl (C=O) groups excluding carboxylic acids is 3. The maximum atomic E-state index is 13.2. The summed E-state index contributed by atoms with van der Waals surface area (Å²) in [5, 5.41) is 2.45. The van der Waals surface area contributed by atoms with Gasteiger partial charge in [-0.15, -0.1) is 0 Å². The summed E-state index contributed by atoms with van der Waals surface area (Å²) in [6.45, 7) is 2.57. The second kappa shape index (κ2) is 8.17. The van der Waals surface area contributed by atoms with Crippen molar-refractivity contribution in [1.29, 1.82) is 0 Å². The number of hydrogen-bond acceptors (Lipinski definition) is 5. The largest absolute Gasteiger partial charge is 0.489 e. The number of fused-ring (bicyclic) bond motifs is 3. The second-order valence-electron chi connectivity index (χ2n) is 11.2. The molecule has 3 amide bonds. The van der Waals surface area contributed by atoms with Gasteiger partial charge in [0.2, 0.25) is 5.91 Å². The molecule has 2 aromatic rings. The van der Waals surface area contributed by atoms with Crippen LogP contribution in [-0.4, -0.2) is 58.3 Å². The Balaban J connectivity index is 1.04. The lowest BCUT2D eigenvalue weighted by molar-refractivity contribution is -0.160. The van der Waals surface area contributed by atoms with Crippen LogP contribution in [0.3, 0.4) is 0 Å². The zero-order valence-electron chi connectivity index (χ0n) is 20.3. The van der Waals surface area contributed by atoms with E-state index in [0.29, 0.717) is 36.9 Å². The summed E-state index contributed by atoms with van der Waals surface area (Å²) >= 11 is 0. The van der Waals surface area contributed by atoms with E-state index < -0.39 is 5.54 Å². The van der Waals surface area contributed by atoms with Gasteiger partial charge >= 0.3 is 0 Å². The summed E-state index contributed by atoms with van der Waals surface area (Å²) < 4.78 is 6.56. The van der Waals surface area contributed by atoms with Crippen LogP contribution in [0.5, 0.6) is 5.75 Å². The lowest BCUT2D eigenvalue weighted by Crippen LogP contribution is -2.73. The topological polar surface area (TPSA) is 79.0 Å². The number of rotatable bonds is 5. The molecule has 2 saturated carbocycles. The van der Waals surface area contributed by atoms with Crippen molar-refractivity contribution in [3.8, 4) is 5.75 Å². The predicted octanol–water partition coefficient (Wildman–Crippen LogP) is 3.24. The molecule has 8 rings (SSSR count). The van der Waals surface area contributed by atoms with Gasteiger partial charge in [-0.3, -0.25) is 24.6 Å². The molecule has 2 aliphatic carbocycles. The number of benzene rings is 2. The highest BCUT2D eigenvalue weighted by Crippen LogP contribution is 2.49.